The molecule has 1 N–H and O–H groups in total. The van der Waals surface area contributed by atoms with Crippen LogP contribution in [0.3, 0.4) is 0 Å². The standard InChI is InChI=1S/C10H8INO2/c1-6-2-3-9(11)8(5-12)7(6)4-10(13)14/h2-3H,4H2,1H3,(H,13,14). The molecule has 1 aromatic rings. The van der Waals surface area contributed by atoms with Gasteiger partial charge in [-0.25, -0.2) is 0 Å². The van der Waals surface area contributed by atoms with E-state index in [9.17, 15) is 4.79 Å². The molecule has 14 heavy (non-hydrogen) atoms. The minimum Gasteiger partial charge on any atom is -0.481 e. The summed E-state index contributed by atoms with van der Waals surface area (Å²) in [5, 5.41) is 17.6. The Bertz CT molecular complexity index is 421. The van der Waals surface area contributed by atoms with E-state index in [-0.39, 0.29) is 6.42 Å². The van der Waals surface area contributed by atoms with Crippen LogP contribution < -0.4 is 0 Å². The fraction of sp³-hybridized carbons (Fsp3) is 0.200. The molecule has 0 spiro atoms. The third kappa shape index (κ3) is 2.23. The summed E-state index contributed by atoms with van der Waals surface area (Å²) in [5.74, 6) is -0.911. The van der Waals surface area contributed by atoms with Crippen molar-refractivity contribution < 1.29 is 9.90 Å². The summed E-state index contributed by atoms with van der Waals surface area (Å²) in [6.45, 7) is 1.81. The van der Waals surface area contributed by atoms with Crippen molar-refractivity contribution >= 4 is 28.6 Å². The summed E-state index contributed by atoms with van der Waals surface area (Å²) >= 11 is 2.03. The maximum atomic E-state index is 10.6. The topological polar surface area (TPSA) is 61.1 Å². The van der Waals surface area contributed by atoms with Crippen LogP contribution in [0.15, 0.2) is 12.1 Å². The SMILES string of the molecule is Cc1ccc(I)c(C#N)c1CC(=O)O. The number of rotatable bonds is 2. The molecule has 1 rings (SSSR count). The van der Waals surface area contributed by atoms with Gasteiger partial charge >= 0.3 is 5.97 Å². The Hall–Kier alpha value is -1.09. The Morgan fingerprint density at radius 1 is 1.64 bits per heavy atom. The number of hydrogen-bond acceptors (Lipinski definition) is 2. The molecule has 0 unspecified atom stereocenters. The van der Waals surface area contributed by atoms with Crippen LogP contribution in [0.25, 0.3) is 0 Å². The smallest absolute Gasteiger partial charge is 0.307 e. The first-order valence-electron chi connectivity index (χ1n) is 3.96. The lowest BCUT2D eigenvalue weighted by molar-refractivity contribution is -0.136. The third-order valence-corrected chi connectivity index (χ3v) is 2.84. The van der Waals surface area contributed by atoms with E-state index in [1.165, 1.54) is 0 Å². The van der Waals surface area contributed by atoms with Crippen molar-refractivity contribution in [3.63, 3.8) is 0 Å². The molecule has 0 aliphatic rings. The molecule has 0 aliphatic carbocycles. The molecule has 4 heteroatoms. The van der Waals surface area contributed by atoms with Gasteiger partial charge in [0, 0.05) is 3.57 Å². The summed E-state index contributed by atoms with van der Waals surface area (Å²) in [7, 11) is 0. The van der Waals surface area contributed by atoms with Crippen molar-refractivity contribution in [2.24, 2.45) is 0 Å². The van der Waals surface area contributed by atoms with Crippen LogP contribution in [-0.2, 0) is 11.2 Å². The van der Waals surface area contributed by atoms with Crippen LogP contribution in [-0.4, -0.2) is 11.1 Å². The summed E-state index contributed by atoms with van der Waals surface area (Å²) in [6.07, 6.45) is -0.0917. The molecular formula is C10H8INO2. The quantitative estimate of drug-likeness (QED) is 0.851. The molecule has 0 aromatic heterocycles. The number of carboxylic acids is 1. The highest BCUT2D eigenvalue weighted by Gasteiger charge is 2.12. The number of hydrogen-bond donors (Lipinski definition) is 1. The lowest BCUT2D eigenvalue weighted by atomic mass is 10.00. The van der Waals surface area contributed by atoms with Crippen molar-refractivity contribution in [3.8, 4) is 6.07 Å². The number of nitriles is 1. The number of benzene rings is 1. The second-order valence-electron chi connectivity index (χ2n) is 2.90. The van der Waals surface area contributed by atoms with Gasteiger partial charge in [0.25, 0.3) is 0 Å². The summed E-state index contributed by atoms with van der Waals surface area (Å²) < 4.78 is 0.798. The van der Waals surface area contributed by atoms with Gasteiger partial charge in [0.05, 0.1) is 12.0 Å². The summed E-state index contributed by atoms with van der Waals surface area (Å²) in [4.78, 5) is 10.6. The predicted molar refractivity (Wildman–Crippen MR) is 60.0 cm³/mol. The predicted octanol–water partition coefficient (Wildman–Crippen LogP) is 2.10. The Kier molecular flexibility index (Phi) is 3.47. The van der Waals surface area contributed by atoms with Gasteiger partial charge in [0.2, 0.25) is 0 Å². The second-order valence-corrected chi connectivity index (χ2v) is 4.06. The van der Waals surface area contributed by atoms with Gasteiger partial charge in [-0.1, -0.05) is 6.07 Å². The fourth-order valence-corrected chi connectivity index (χ4v) is 1.85. The maximum Gasteiger partial charge on any atom is 0.307 e. The number of aliphatic carboxylic acids is 1. The summed E-state index contributed by atoms with van der Waals surface area (Å²) in [5.41, 5.74) is 1.95. The van der Waals surface area contributed by atoms with Crippen molar-refractivity contribution in [2.75, 3.05) is 0 Å². The first-order chi connectivity index (χ1) is 6.56. The van der Waals surface area contributed by atoms with E-state index < -0.39 is 5.97 Å². The molecule has 1 aromatic carbocycles. The number of carbonyl (C=O) groups is 1. The molecule has 0 fully saturated rings. The minimum atomic E-state index is -0.911. The minimum absolute atomic E-state index is 0.0917. The molecule has 0 amide bonds. The Morgan fingerprint density at radius 3 is 2.79 bits per heavy atom. The van der Waals surface area contributed by atoms with E-state index in [1.807, 2.05) is 47.7 Å². The highest BCUT2D eigenvalue weighted by Crippen LogP contribution is 2.20. The van der Waals surface area contributed by atoms with Gasteiger partial charge in [-0.2, -0.15) is 5.26 Å². The van der Waals surface area contributed by atoms with Gasteiger partial charge < -0.3 is 5.11 Å². The van der Waals surface area contributed by atoms with Crippen LogP contribution in [0.1, 0.15) is 16.7 Å². The normalized spacial score (nSPS) is 9.50. The monoisotopic (exact) mass is 301 g/mol. The molecule has 0 radical (unpaired) electrons. The molecule has 0 saturated heterocycles. The number of halogens is 1. The number of carboxylic acid groups (broad SMARTS) is 1. The van der Waals surface area contributed by atoms with Gasteiger partial charge in [0.1, 0.15) is 6.07 Å². The van der Waals surface area contributed by atoms with Crippen molar-refractivity contribution in [3.05, 3.63) is 32.4 Å². The number of nitrogens with zero attached hydrogens (tertiary/aromatic N) is 1. The fourth-order valence-electron chi connectivity index (χ4n) is 1.22. The first kappa shape index (κ1) is 11.0. The Morgan fingerprint density at radius 2 is 2.29 bits per heavy atom. The average molecular weight is 301 g/mol. The molecule has 0 saturated carbocycles. The lowest BCUT2D eigenvalue weighted by Crippen LogP contribution is -2.05. The van der Waals surface area contributed by atoms with E-state index in [4.69, 9.17) is 10.4 Å². The first-order valence-corrected chi connectivity index (χ1v) is 5.04. The highest BCUT2D eigenvalue weighted by molar-refractivity contribution is 14.1. The zero-order valence-electron chi connectivity index (χ0n) is 7.54. The van der Waals surface area contributed by atoms with Crippen LogP contribution in [0.4, 0.5) is 0 Å². The van der Waals surface area contributed by atoms with Gasteiger partial charge in [-0.05, 0) is 46.7 Å². The van der Waals surface area contributed by atoms with Crippen molar-refractivity contribution in [1.29, 1.82) is 5.26 Å². The zero-order valence-corrected chi connectivity index (χ0v) is 9.70. The van der Waals surface area contributed by atoms with Crippen molar-refractivity contribution in [2.45, 2.75) is 13.3 Å². The van der Waals surface area contributed by atoms with Crippen LogP contribution >= 0.6 is 22.6 Å². The average Bonchev–Trinajstić information content (AvgIpc) is 2.11. The van der Waals surface area contributed by atoms with E-state index in [1.54, 1.807) is 0 Å². The molecule has 72 valence electrons. The Labute approximate surface area is 95.5 Å². The molecule has 0 atom stereocenters. The lowest BCUT2D eigenvalue weighted by Gasteiger charge is -2.06. The van der Waals surface area contributed by atoms with Gasteiger partial charge in [-0.15, -0.1) is 0 Å². The maximum absolute atomic E-state index is 10.6. The highest BCUT2D eigenvalue weighted by atomic mass is 127. The van der Waals surface area contributed by atoms with E-state index >= 15 is 0 Å². The van der Waals surface area contributed by atoms with Crippen molar-refractivity contribution in [1.82, 2.24) is 0 Å². The van der Waals surface area contributed by atoms with Crippen LogP contribution in [0.2, 0.25) is 0 Å². The Balaban J connectivity index is 3.31. The zero-order chi connectivity index (χ0) is 10.7. The second kappa shape index (κ2) is 4.42. The van der Waals surface area contributed by atoms with Gasteiger partial charge in [0.15, 0.2) is 0 Å². The molecular weight excluding hydrogens is 293 g/mol. The number of aryl methyl sites for hydroxylation is 1. The third-order valence-electron chi connectivity index (χ3n) is 1.94. The summed E-state index contributed by atoms with van der Waals surface area (Å²) in [6, 6.07) is 5.69. The van der Waals surface area contributed by atoms with Crippen LogP contribution in [0, 0.1) is 21.8 Å². The van der Waals surface area contributed by atoms with E-state index in [0.29, 0.717) is 11.1 Å². The largest absolute Gasteiger partial charge is 0.481 e. The van der Waals surface area contributed by atoms with Gasteiger partial charge in [-0.3, -0.25) is 4.79 Å². The molecule has 0 bridgehead atoms. The molecule has 0 heterocycles. The van der Waals surface area contributed by atoms with Crippen LogP contribution in [0.5, 0.6) is 0 Å². The molecule has 0 aliphatic heterocycles. The van der Waals surface area contributed by atoms with E-state index in [0.717, 1.165) is 9.13 Å². The molecule has 3 nitrogen and oxygen atoms in total. The van der Waals surface area contributed by atoms with E-state index in [2.05, 4.69) is 0 Å².